The van der Waals surface area contributed by atoms with Crippen LogP contribution in [0.4, 0.5) is 0 Å². The van der Waals surface area contributed by atoms with Crippen LogP contribution in [-0.4, -0.2) is 21.9 Å². The number of carbonyl (C=O) groups is 2. The van der Waals surface area contributed by atoms with Crippen molar-refractivity contribution in [3.63, 3.8) is 0 Å². The SMILES string of the molecule is CC(C)(C)C(=O)SC/C(=C\c1ccccc1)C(=O)O. The van der Waals surface area contributed by atoms with E-state index < -0.39 is 11.4 Å². The topological polar surface area (TPSA) is 54.4 Å². The molecule has 0 atom stereocenters. The summed E-state index contributed by atoms with van der Waals surface area (Å²) in [5, 5.41) is 9.15. The van der Waals surface area contributed by atoms with Crippen molar-refractivity contribution in [2.75, 3.05) is 5.75 Å². The number of rotatable bonds is 4. The molecule has 1 aromatic rings. The highest BCUT2D eigenvalue weighted by molar-refractivity contribution is 8.13. The molecule has 4 heteroatoms. The Morgan fingerprint density at radius 1 is 1.21 bits per heavy atom. The Balaban J connectivity index is 2.78. The second-order valence-corrected chi connectivity index (χ2v) is 6.16. The van der Waals surface area contributed by atoms with Gasteiger partial charge < -0.3 is 5.11 Å². The minimum absolute atomic E-state index is 0.00675. The van der Waals surface area contributed by atoms with Crippen LogP contribution in [0.1, 0.15) is 26.3 Å². The maximum atomic E-state index is 11.8. The number of hydrogen-bond acceptors (Lipinski definition) is 3. The third kappa shape index (κ3) is 5.30. The standard InChI is InChI=1S/C15H18O3S/c1-15(2,3)14(18)19-10-12(13(16)17)9-11-7-5-4-6-8-11/h4-9H,10H2,1-3H3,(H,16,17)/b12-9+. The van der Waals surface area contributed by atoms with Crippen LogP contribution in [0.25, 0.3) is 6.08 Å². The second-order valence-electron chi connectivity index (χ2n) is 5.21. The second kappa shape index (κ2) is 6.57. The average Bonchev–Trinajstić information content (AvgIpc) is 2.33. The van der Waals surface area contributed by atoms with Gasteiger partial charge in [-0.15, -0.1) is 0 Å². The molecule has 19 heavy (non-hydrogen) atoms. The number of carboxylic acids is 1. The lowest BCUT2D eigenvalue weighted by Gasteiger charge is -2.15. The summed E-state index contributed by atoms with van der Waals surface area (Å²) in [6.45, 7) is 5.47. The lowest BCUT2D eigenvalue weighted by Crippen LogP contribution is -2.17. The van der Waals surface area contributed by atoms with Crippen molar-refractivity contribution in [3.05, 3.63) is 41.5 Å². The van der Waals surface area contributed by atoms with Crippen LogP contribution in [0.5, 0.6) is 0 Å². The molecule has 0 aliphatic heterocycles. The quantitative estimate of drug-likeness (QED) is 0.857. The fraction of sp³-hybridized carbons (Fsp3) is 0.333. The Labute approximate surface area is 117 Å². The molecule has 1 N–H and O–H groups in total. The number of hydrogen-bond donors (Lipinski definition) is 1. The van der Waals surface area contributed by atoms with Crippen LogP contribution in [0.3, 0.4) is 0 Å². The number of thioether (sulfide) groups is 1. The number of carbonyl (C=O) groups excluding carboxylic acids is 1. The molecular weight excluding hydrogens is 260 g/mol. The summed E-state index contributed by atoms with van der Waals surface area (Å²) < 4.78 is 0. The van der Waals surface area contributed by atoms with Crippen LogP contribution in [0, 0.1) is 5.41 Å². The first-order valence-corrected chi connectivity index (χ1v) is 6.95. The zero-order chi connectivity index (χ0) is 14.5. The van der Waals surface area contributed by atoms with Gasteiger partial charge in [0.1, 0.15) is 0 Å². The Morgan fingerprint density at radius 2 is 1.79 bits per heavy atom. The van der Waals surface area contributed by atoms with Gasteiger partial charge in [0.25, 0.3) is 0 Å². The minimum Gasteiger partial charge on any atom is -0.478 e. The number of carboxylic acid groups (broad SMARTS) is 1. The Hall–Kier alpha value is -1.55. The molecule has 3 nitrogen and oxygen atoms in total. The van der Waals surface area contributed by atoms with Gasteiger partial charge in [-0.2, -0.15) is 0 Å². The first kappa shape index (κ1) is 15.5. The molecule has 102 valence electrons. The van der Waals surface area contributed by atoms with Gasteiger partial charge in [0.15, 0.2) is 5.12 Å². The highest BCUT2D eigenvalue weighted by Crippen LogP contribution is 2.24. The van der Waals surface area contributed by atoms with E-state index in [1.54, 1.807) is 6.08 Å². The number of benzene rings is 1. The normalized spacial score (nSPS) is 12.3. The maximum absolute atomic E-state index is 11.8. The van der Waals surface area contributed by atoms with Crippen LogP contribution < -0.4 is 0 Å². The molecule has 0 fully saturated rings. The predicted molar refractivity (Wildman–Crippen MR) is 79.0 cm³/mol. The van der Waals surface area contributed by atoms with Crippen molar-refractivity contribution >= 4 is 28.9 Å². The van der Waals surface area contributed by atoms with Gasteiger partial charge in [-0.25, -0.2) is 4.79 Å². The van der Waals surface area contributed by atoms with Crippen molar-refractivity contribution in [2.45, 2.75) is 20.8 Å². The smallest absolute Gasteiger partial charge is 0.332 e. The van der Waals surface area contributed by atoms with Crippen molar-refractivity contribution in [3.8, 4) is 0 Å². The maximum Gasteiger partial charge on any atom is 0.332 e. The summed E-state index contributed by atoms with van der Waals surface area (Å²) in [7, 11) is 0. The first-order valence-electron chi connectivity index (χ1n) is 5.97. The highest BCUT2D eigenvalue weighted by atomic mass is 32.2. The Bertz CT molecular complexity index is 484. The molecule has 0 aliphatic rings. The van der Waals surface area contributed by atoms with Gasteiger partial charge in [-0.3, -0.25) is 4.79 Å². The third-order valence-electron chi connectivity index (χ3n) is 2.39. The molecule has 0 heterocycles. The van der Waals surface area contributed by atoms with Crippen LogP contribution in [0.2, 0.25) is 0 Å². The Morgan fingerprint density at radius 3 is 2.26 bits per heavy atom. The van der Waals surface area contributed by atoms with E-state index in [1.165, 1.54) is 0 Å². The van der Waals surface area contributed by atoms with Crippen molar-refractivity contribution in [1.29, 1.82) is 0 Å². The highest BCUT2D eigenvalue weighted by Gasteiger charge is 2.22. The van der Waals surface area contributed by atoms with E-state index in [0.29, 0.717) is 0 Å². The van der Waals surface area contributed by atoms with E-state index in [9.17, 15) is 9.59 Å². The van der Waals surface area contributed by atoms with E-state index in [0.717, 1.165) is 17.3 Å². The van der Waals surface area contributed by atoms with Gasteiger partial charge >= 0.3 is 5.97 Å². The summed E-state index contributed by atoms with van der Waals surface area (Å²) in [5.41, 5.74) is 0.596. The molecule has 0 amide bonds. The van der Waals surface area contributed by atoms with E-state index in [1.807, 2.05) is 51.1 Å². The summed E-state index contributed by atoms with van der Waals surface area (Å²) in [6.07, 6.45) is 1.60. The molecule has 1 aromatic carbocycles. The van der Waals surface area contributed by atoms with Gasteiger partial charge in [-0.1, -0.05) is 62.9 Å². The molecule has 0 bridgehead atoms. The summed E-state index contributed by atoms with van der Waals surface area (Å²) in [5.74, 6) is -0.807. The molecule has 0 saturated carbocycles. The molecule has 1 rings (SSSR count). The van der Waals surface area contributed by atoms with E-state index in [-0.39, 0.29) is 16.4 Å². The molecule has 0 radical (unpaired) electrons. The fourth-order valence-electron chi connectivity index (χ4n) is 1.28. The summed E-state index contributed by atoms with van der Waals surface area (Å²) in [6, 6.07) is 9.23. The zero-order valence-electron chi connectivity index (χ0n) is 11.3. The minimum atomic E-state index is -0.988. The van der Waals surface area contributed by atoms with Crippen LogP contribution in [-0.2, 0) is 9.59 Å². The molecule has 0 unspecified atom stereocenters. The molecule has 0 saturated heterocycles. The largest absolute Gasteiger partial charge is 0.478 e. The molecule has 0 aromatic heterocycles. The first-order chi connectivity index (χ1) is 8.80. The van der Waals surface area contributed by atoms with Gasteiger partial charge in [0.2, 0.25) is 0 Å². The van der Waals surface area contributed by atoms with Gasteiger partial charge in [-0.05, 0) is 11.6 Å². The number of aliphatic carboxylic acids is 1. The lowest BCUT2D eigenvalue weighted by molar-refractivity contribution is -0.132. The van der Waals surface area contributed by atoms with Gasteiger partial charge in [0.05, 0.1) is 0 Å². The van der Waals surface area contributed by atoms with E-state index in [2.05, 4.69) is 0 Å². The monoisotopic (exact) mass is 278 g/mol. The Kier molecular flexibility index (Phi) is 5.36. The third-order valence-corrected chi connectivity index (χ3v) is 3.72. The zero-order valence-corrected chi connectivity index (χ0v) is 12.2. The average molecular weight is 278 g/mol. The fourth-order valence-corrected chi connectivity index (χ4v) is 2.20. The van der Waals surface area contributed by atoms with E-state index in [4.69, 9.17) is 5.11 Å². The van der Waals surface area contributed by atoms with E-state index >= 15 is 0 Å². The van der Waals surface area contributed by atoms with Crippen molar-refractivity contribution < 1.29 is 14.7 Å². The lowest BCUT2D eigenvalue weighted by atomic mass is 10.00. The molecular formula is C15H18O3S. The van der Waals surface area contributed by atoms with Crippen LogP contribution in [0.15, 0.2) is 35.9 Å². The summed E-state index contributed by atoms with van der Waals surface area (Å²) >= 11 is 1.05. The van der Waals surface area contributed by atoms with Crippen LogP contribution >= 0.6 is 11.8 Å². The molecule has 0 spiro atoms. The van der Waals surface area contributed by atoms with Gasteiger partial charge in [0, 0.05) is 16.7 Å². The predicted octanol–water partition coefficient (Wildman–Crippen LogP) is 3.46. The molecule has 0 aliphatic carbocycles. The van der Waals surface area contributed by atoms with Crippen molar-refractivity contribution in [1.82, 2.24) is 0 Å². The summed E-state index contributed by atoms with van der Waals surface area (Å²) in [4.78, 5) is 23.0. The van der Waals surface area contributed by atoms with Crippen molar-refractivity contribution in [2.24, 2.45) is 5.41 Å².